The van der Waals surface area contributed by atoms with E-state index < -0.39 is 0 Å². The molecule has 0 radical (unpaired) electrons. The van der Waals surface area contributed by atoms with E-state index >= 15 is 0 Å². The number of guanidine groups is 1. The van der Waals surface area contributed by atoms with Gasteiger partial charge in [0.15, 0.2) is 11.8 Å². The topological polar surface area (TPSA) is 58.3 Å². The molecular weight excluding hydrogens is 336 g/mol. The fraction of sp³-hybridized carbons (Fsp3) is 0.500. The SMILES string of the molecule is CN=C(NCc1nnc2n1CCCCC2)N(C)Cc1ccc(Cl)cc1. The Bertz CT molecular complexity index is 722. The van der Waals surface area contributed by atoms with Crippen molar-refractivity contribution in [1.82, 2.24) is 25.0 Å². The standard InChI is InChI=1S/C18H25ClN6/c1-20-18(24(2)13-14-7-9-15(19)10-8-14)21-12-17-23-22-16-6-4-3-5-11-25(16)17/h7-10H,3-6,11-13H2,1-2H3,(H,20,21). The van der Waals surface area contributed by atoms with Gasteiger partial charge in [-0.3, -0.25) is 4.99 Å². The van der Waals surface area contributed by atoms with E-state index in [0.717, 1.165) is 42.1 Å². The summed E-state index contributed by atoms with van der Waals surface area (Å²) < 4.78 is 2.26. The molecule has 0 aliphatic carbocycles. The molecule has 0 saturated heterocycles. The third-order valence-corrected chi connectivity index (χ3v) is 4.75. The summed E-state index contributed by atoms with van der Waals surface area (Å²) >= 11 is 5.95. The van der Waals surface area contributed by atoms with E-state index in [1.165, 1.54) is 24.8 Å². The van der Waals surface area contributed by atoms with E-state index in [1.807, 2.05) is 31.3 Å². The number of aromatic nitrogens is 3. The second kappa shape index (κ2) is 8.34. The summed E-state index contributed by atoms with van der Waals surface area (Å²) in [4.78, 5) is 6.47. The van der Waals surface area contributed by atoms with Gasteiger partial charge in [0.2, 0.25) is 0 Å². The number of hydrogen-bond donors (Lipinski definition) is 1. The Morgan fingerprint density at radius 2 is 2.04 bits per heavy atom. The molecule has 25 heavy (non-hydrogen) atoms. The van der Waals surface area contributed by atoms with E-state index in [4.69, 9.17) is 11.6 Å². The Balaban J connectivity index is 1.61. The van der Waals surface area contributed by atoms with Crippen molar-refractivity contribution in [2.75, 3.05) is 14.1 Å². The molecule has 0 bridgehead atoms. The summed E-state index contributed by atoms with van der Waals surface area (Å²) in [7, 11) is 3.82. The van der Waals surface area contributed by atoms with Gasteiger partial charge in [-0.15, -0.1) is 10.2 Å². The molecule has 7 heteroatoms. The number of benzene rings is 1. The number of aliphatic imine (C=N–C) groups is 1. The zero-order valence-electron chi connectivity index (χ0n) is 14.9. The maximum atomic E-state index is 5.95. The van der Waals surface area contributed by atoms with Gasteiger partial charge < -0.3 is 14.8 Å². The van der Waals surface area contributed by atoms with Gasteiger partial charge >= 0.3 is 0 Å². The summed E-state index contributed by atoms with van der Waals surface area (Å²) in [5.74, 6) is 2.93. The second-order valence-corrected chi connectivity index (χ2v) is 6.81. The van der Waals surface area contributed by atoms with E-state index in [1.54, 1.807) is 7.05 Å². The fourth-order valence-electron chi connectivity index (χ4n) is 3.16. The van der Waals surface area contributed by atoms with Crippen molar-refractivity contribution in [3.8, 4) is 0 Å². The zero-order valence-corrected chi connectivity index (χ0v) is 15.6. The Morgan fingerprint density at radius 3 is 2.80 bits per heavy atom. The maximum absolute atomic E-state index is 5.95. The number of nitrogens with one attached hydrogen (secondary N) is 1. The van der Waals surface area contributed by atoms with Crippen LogP contribution in [0, 0.1) is 0 Å². The van der Waals surface area contributed by atoms with E-state index in [2.05, 4.69) is 30.0 Å². The number of hydrogen-bond acceptors (Lipinski definition) is 3. The minimum absolute atomic E-state index is 0.630. The summed E-state index contributed by atoms with van der Waals surface area (Å²) in [6, 6.07) is 7.88. The molecule has 6 nitrogen and oxygen atoms in total. The average Bonchev–Trinajstić information content (AvgIpc) is 2.84. The van der Waals surface area contributed by atoms with Gasteiger partial charge in [0.05, 0.1) is 6.54 Å². The number of rotatable bonds is 4. The fourth-order valence-corrected chi connectivity index (χ4v) is 3.28. The Morgan fingerprint density at radius 1 is 1.24 bits per heavy atom. The lowest BCUT2D eigenvalue weighted by molar-refractivity contribution is 0.473. The molecule has 0 unspecified atom stereocenters. The molecule has 2 aromatic rings. The van der Waals surface area contributed by atoms with Crippen LogP contribution in [0.3, 0.4) is 0 Å². The summed E-state index contributed by atoms with van der Waals surface area (Å²) in [5, 5.41) is 12.9. The predicted octanol–water partition coefficient (Wildman–Crippen LogP) is 2.87. The van der Waals surface area contributed by atoms with Gasteiger partial charge in [0.25, 0.3) is 0 Å². The second-order valence-electron chi connectivity index (χ2n) is 6.38. The van der Waals surface area contributed by atoms with Crippen LogP contribution in [-0.4, -0.2) is 39.7 Å². The van der Waals surface area contributed by atoms with E-state index in [0.29, 0.717) is 6.54 Å². The molecule has 0 spiro atoms. The van der Waals surface area contributed by atoms with E-state index in [-0.39, 0.29) is 0 Å². The minimum atomic E-state index is 0.630. The molecular formula is C18H25ClN6. The lowest BCUT2D eigenvalue weighted by Crippen LogP contribution is -2.38. The zero-order chi connectivity index (χ0) is 17.6. The first-order valence-corrected chi connectivity index (χ1v) is 9.12. The number of nitrogens with zero attached hydrogens (tertiary/aromatic N) is 5. The number of fused-ring (bicyclic) bond motifs is 1. The highest BCUT2D eigenvalue weighted by molar-refractivity contribution is 6.30. The molecule has 3 rings (SSSR count). The van der Waals surface area contributed by atoms with Crippen molar-refractivity contribution in [2.24, 2.45) is 4.99 Å². The number of halogens is 1. The molecule has 1 aliphatic rings. The number of aryl methyl sites for hydroxylation is 1. The van der Waals surface area contributed by atoms with Crippen molar-refractivity contribution in [2.45, 2.75) is 45.3 Å². The largest absolute Gasteiger partial charge is 0.349 e. The quantitative estimate of drug-likeness (QED) is 0.672. The van der Waals surface area contributed by atoms with Crippen LogP contribution in [0.25, 0.3) is 0 Å². The molecule has 0 fully saturated rings. The molecule has 0 amide bonds. The van der Waals surface area contributed by atoms with Crippen LogP contribution in [0.1, 0.15) is 36.5 Å². The highest BCUT2D eigenvalue weighted by atomic mass is 35.5. The van der Waals surface area contributed by atoms with Crippen LogP contribution in [0.5, 0.6) is 0 Å². The average molecular weight is 361 g/mol. The monoisotopic (exact) mass is 360 g/mol. The van der Waals surface area contributed by atoms with Crippen molar-refractivity contribution < 1.29 is 0 Å². The predicted molar refractivity (Wildman–Crippen MR) is 101 cm³/mol. The van der Waals surface area contributed by atoms with Gasteiger partial charge in [-0.1, -0.05) is 30.2 Å². The van der Waals surface area contributed by atoms with Crippen LogP contribution in [0.15, 0.2) is 29.3 Å². The van der Waals surface area contributed by atoms with E-state index in [9.17, 15) is 0 Å². The maximum Gasteiger partial charge on any atom is 0.194 e. The molecule has 1 N–H and O–H groups in total. The third kappa shape index (κ3) is 4.51. The van der Waals surface area contributed by atoms with Crippen LogP contribution >= 0.6 is 11.6 Å². The first kappa shape index (κ1) is 17.7. The Labute approximate surface area is 153 Å². The molecule has 134 valence electrons. The Kier molecular flexibility index (Phi) is 5.91. The van der Waals surface area contributed by atoms with Gasteiger partial charge in [-0.2, -0.15) is 0 Å². The minimum Gasteiger partial charge on any atom is -0.349 e. The summed E-state index contributed by atoms with van der Waals surface area (Å²) in [6.07, 6.45) is 4.69. The molecule has 1 aliphatic heterocycles. The summed E-state index contributed by atoms with van der Waals surface area (Å²) in [5.41, 5.74) is 1.19. The Hall–Kier alpha value is -2.08. The van der Waals surface area contributed by atoms with Crippen LogP contribution in [0.4, 0.5) is 0 Å². The van der Waals surface area contributed by atoms with Gasteiger partial charge in [0.1, 0.15) is 5.82 Å². The van der Waals surface area contributed by atoms with Crippen molar-refractivity contribution in [3.05, 3.63) is 46.5 Å². The van der Waals surface area contributed by atoms with Gasteiger partial charge in [0, 0.05) is 38.6 Å². The third-order valence-electron chi connectivity index (χ3n) is 4.50. The normalized spacial score (nSPS) is 14.8. The lowest BCUT2D eigenvalue weighted by Gasteiger charge is -2.22. The lowest BCUT2D eigenvalue weighted by atomic mass is 10.2. The molecule has 0 saturated carbocycles. The summed E-state index contributed by atoms with van der Waals surface area (Å²) in [6.45, 7) is 2.40. The van der Waals surface area contributed by atoms with Crippen LogP contribution in [0.2, 0.25) is 5.02 Å². The molecule has 2 heterocycles. The molecule has 0 atom stereocenters. The van der Waals surface area contributed by atoms with Crippen molar-refractivity contribution in [3.63, 3.8) is 0 Å². The first-order valence-electron chi connectivity index (χ1n) is 8.74. The first-order chi connectivity index (χ1) is 12.2. The van der Waals surface area contributed by atoms with Crippen LogP contribution in [-0.2, 0) is 26.1 Å². The van der Waals surface area contributed by atoms with Crippen LogP contribution < -0.4 is 5.32 Å². The van der Waals surface area contributed by atoms with Crippen molar-refractivity contribution >= 4 is 17.6 Å². The molecule has 1 aromatic heterocycles. The van der Waals surface area contributed by atoms with Gasteiger partial charge in [-0.25, -0.2) is 0 Å². The molecule has 1 aromatic carbocycles. The smallest absolute Gasteiger partial charge is 0.194 e. The van der Waals surface area contributed by atoms with Crippen molar-refractivity contribution in [1.29, 1.82) is 0 Å². The van der Waals surface area contributed by atoms with Gasteiger partial charge in [-0.05, 0) is 30.5 Å². The highest BCUT2D eigenvalue weighted by Crippen LogP contribution is 2.14. The highest BCUT2D eigenvalue weighted by Gasteiger charge is 2.15.